The fourth-order valence-corrected chi connectivity index (χ4v) is 11.7. The van der Waals surface area contributed by atoms with Crippen molar-refractivity contribution in [1.82, 2.24) is 25.5 Å². The molecular weight excluding hydrogens is 1290 g/mol. The highest BCUT2D eigenvalue weighted by Crippen LogP contribution is 2.46. The number of carbonyl (C=O) groups is 5. The minimum absolute atomic E-state index is 0.0448. The van der Waals surface area contributed by atoms with E-state index < -0.39 is 64.9 Å². The monoisotopic (exact) mass is 1380 g/mol. The molecule has 4 heterocycles. The van der Waals surface area contributed by atoms with Crippen LogP contribution in [0.1, 0.15) is 96.0 Å². The summed E-state index contributed by atoms with van der Waals surface area (Å²) in [6.45, 7) is 10.2. The van der Waals surface area contributed by atoms with Crippen molar-refractivity contribution in [1.29, 1.82) is 0 Å². The van der Waals surface area contributed by atoms with E-state index in [4.69, 9.17) is 73.1 Å². The Morgan fingerprint density at radius 1 is 0.778 bits per heavy atom. The van der Waals surface area contributed by atoms with E-state index in [9.17, 15) is 33.9 Å². The summed E-state index contributed by atoms with van der Waals surface area (Å²) >= 11 is 0. The second-order valence-electron chi connectivity index (χ2n) is 23.5. The predicted octanol–water partition coefficient (Wildman–Crippen LogP) is 5.58. The van der Waals surface area contributed by atoms with Crippen molar-refractivity contribution in [2.45, 2.75) is 109 Å². The van der Waals surface area contributed by atoms with Gasteiger partial charge in [0, 0.05) is 46.9 Å². The molecule has 7 N–H and O–H groups in total. The highest BCUT2D eigenvalue weighted by atomic mass is 19.1. The first-order valence-electron chi connectivity index (χ1n) is 33.5. The molecule has 30 heteroatoms. The SMILES string of the molecule is CC[C@@]1(O)C(=O)OCc2c1cc1n(c2=O)Cc2c-1nc1cc(F)c(C)c3c1c2[C@@H](NC(=O)OCc1ccc(NC(=O)[C@H](CCCCN)NC(=O)[C@H](Cc2ccccc2)NC(=O)CCOCCOCCOCCOCCOCCOCCOCCOCCOCCN=[N+]=[N-])c(OC)c1)CC3. The van der Waals surface area contributed by atoms with Crippen molar-refractivity contribution in [3.05, 3.63) is 132 Å². The lowest BCUT2D eigenvalue weighted by molar-refractivity contribution is -0.172. The van der Waals surface area contributed by atoms with Gasteiger partial charge in [0.25, 0.3) is 5.56 Å². The molecular formula is C69H91FN10O19. The number of anilines is 1. The summed E-state index contributed by atoms with van der Waals surface area (Å²) in [5, 5.41) is 27.1. The number of nitrogens with one attached hydrogen (secondary N) is 4. The Hall–Kier alpha value is -8.23. The second-order valence-corrected chi connectivity index (χ2v) is 23.5. The lowest BCUT2D eigenvalue weighted by Gasteiger charge is -2.31. The van der Waals surface area contributed by atoms with Gasteiger partial charge in [-0.1, -0.05) is 48.4 Å². The van der Waals surface area contributed by atoms with Crippen LogP contribution in [0.2, 0.25) is 0 Å². The maximum absolute atomic E-state index is 15.6. The number of ether oxygens (including phenoxy) is 12. The van der Waals surface area contributed by atoms with Gasteiger partial charge in [-0.25, -0.2) is 19.0 Å². The van der Waals surface area contributed by atoms with Crippen LogP contribution in [0.3, 0.4) is 0 Å². The number of hydrogen-bond donors (Lipinski definition) is 6. The minimum Gasteiger partial charge on any atom is -0.495 e. The molecule has 0 saturated heterocycles. The third-order valence-electron chi connectivity index (χ3n) is 16.9. The zero-order valence-corrected chi connectivity index (χ0v) is 56.4. The van der Waals surface area contributed by atoms with Gasteiger partial charge in [0.15, 0.2) is 5.60 Å². The molecule has 0 spiro atoms. The number of aliphatic hydroxyl groups is 1. The van der Waals surface area contributed by atoms with Gasteiger partial charge in [-0.05, 0) is 104 Å². The number of cyclic esters (lactones) is 1. The average Bonchev–Trinajstić information content (AvgIpc) is 1.61. The Morgan fingerprint density at radius 3 is 1.99 bits per heavy atom. The van der Waals surface area contributed by atoms with Crippen LogP contribution in [0.15, 0.2) is 70.6 Å². The molecule has 0 saturated carbocycles. The number of nitrogens with two attached hydrogens (primary N) is 1. The molecule has 5 aromatic rings. The number of carbonyl (C=O) groups excluding carboxylic acids is 5. The fraction of sp³-hybridized carbons (Fsp3) is 0.551. The molecule has 8 rings (SSSR count). The van der Waals surface area contributed by atoms with Gasteiger partial charge in [-0.3, -0.25) is 19.2 Å². The number of aryl methyl sites for hydroxylation is 1. The molecule has 0 bridgehead atoms. The van der Waals surface area contributed by atoms with E-state index in [1.807, 2.05) is 30.3 Å². The number of azide groups is 1. The van der Waals surface area contributed by atoms with Crippen molar-refractivity contribution >= 4 is 46.4 Å². The molecule has 4 amide bonds. The van der Waals surface area contributed by atoms with E-state index in [1.54, 1.807) is 38.1 Å². The van der Waals surface area contributed by atoms with Crippen LogP contribution in [0.4, 0.5) is 14.9 Å². The van der Waals surface area contributed by atoms with Gasteiger partial charge < -0.3 is 93.5 Å². The van der Waals surface area contributed by atoms with Crippen LogP contribution in [-0.2, 0) is 109 Å². The molecule has 0 radical (unpaired) electrons. The molecule has 2 aromatic heterocycles. The van der Waals surface area contributed by atoms with Gasteiger partial charge >= 0.3 is 12.1 Å². The quantitative estimate of drug-likeness (QED) is 0.00893. The van der Waals surface area contributed by atoms with Crippen molar-refractivity contribution in [2.24, 2.45) is 10.8 Å². The Bertz CT molecular complexity index is 3620. The number of methoxy groups -OCH3 is 1. The molecule has 3 aliphatic rings. The first-order chi connectivity index (χ1) is 48.2. The molecule has 29 nitrogen and oxygen atoms in total. The molecule has 1 aliphatic carbocycles. The molecule has 0 unspecified atom stereocenters. The van der Waals surface area contributed by atoms with E-state index in [0.29, 0.717) is 182 Å². The first-order valence-corrected chi connectivity index (χ1v) is 33.5. The summed E-state index contributed by atoms with van der Waals surface area (Å²) in [6, 6.07) is 14.1. The molecule has 2 aliphatic heterocycles. The molecule has 4 atom stereocenters. The van der Waals surface area contributed by atoms with Crippen LogP contribution >= 0.6 is 0 Å². The third-order valence-corrected chi connectivity index (χ3v) is 16.9. The maximum atomic E-state index is 15.6. The number of hydrogen-bond acceptors (Lipinski definition) is 22. The van der Waals surface area contributed by atoms with Gasteiger partial charge in [-0.15, -0.1) is 0 Å². The number of unbranched alkanes of at least 4 members (excludes halogenated alkanes) is 1. The number of fused-ring (bicyclic) bond motifs is 5. The van der Waals surface area contributed by atoms with Gasteiger partial charge in [0.2, 0.25) is 17.7 Å². The maximum Gasteiger partial charge on any atom is 0.407 e. The first kappa shape index (κ1) is 76.5. The van der Waals surface area contributed by atoms with Crippen molar-refractivity contribution < 1.29 is 90.3 Å². The van der Waals surface area contributed by atoms with Crippen LogP contribution in [-0.4, -0.2) is 196 Å². The molecule has 3 aromatic carbocycles. The fourth-order valence-electron chi connectivity index (χ4n) is 11.7. The van der Waals surface area contributed by atoms with Crippen molar-refractivity contribution in [3.8, 4) is 17.1 Å². The van der Waals surface area contributed by atoms with Crippen LogP contribution in [0.5, 0.6) is 5.75 Å². The number of benzene rings is 3. The van der Waals surface area contributed by atoms with Gasteiger partial charge in [-0.2, -0.15) is 0 Å². The number of amides is 4. The summed E-state index contributed by atoms with van der Waals surface area (Å²) in [6.07, 6.45) is 1.34. The Morgan fingerprint density at radius 2 is 1.39 bits per heavy atom. The van der Waals surface area contributed by atoms with Crippen LogP contribution in [0.25, 0.3) is 32.7 Å². The smallest absolute Gasteiger partial charge is 0.407 e. The minimum atomic E-state index is -2.05. The highest BCUT2D eigenvalue weighted by molar-refractivity contribution is 5.99. The normalized spacial score (nSPS) is 15.6. The van der Waals surface area contributed by atoms with Crippen LogP contribution < -0.4 is 37.3 Å². The van der Waals surface area contributed by atoms with Gasteiger partial charge in [0.1, 0.15) is 36.9 Å². The number of pyridine rings is 2. The second kappa shape index (κ2) is 40.1. The Kier molecular flexibility index (Phi) is 31.0. The molecule has 0 fully saturated rings. The standard InChI is InChI=1S/C69H91FN10O19/c1-4-69(87)51-40-58-63-49(42-80(58)66(84)50(51)44-98-67(69)85)62-54(16-14-48-45(2)52(70)41-56(75-63)61(48)62)78-68(86)99-43-47-13-15-53(59(39-47)88-3)76-64(82)55(12-8-9-18-71)77-65(83)57(38-46-10-6-5-7-11-46)74-60(81)17-20-89-22-24-91-26-28-93-30-32-95-34-36-97-37-35-96-33-31-94-29-27-92-25-23-90-21-19-73-79-72/h5-7,10-11,13,15,39-41,54-55,57,87H,4,8-9,12,14,16-38,42-44,71H2,1-3H3,(H,74,81)(H,76,82)(H,77,83)(H,78,86)/t54-,55-,57-,69-/m0/s1. The Labute approximate surface area is 573 Å². The number of alkyl carbamates (subject to hydrolysis) is 1. The number of halogens is 1. The molecule has 99 heavy (non-hydrogen) atoms. The zero-order valence-electron chi connectivity index (χ0n) is 56.4. The largest absolute Gasteiger partial charge is 0.495 e. The van der Waals surface area contributed by atoms with Crippen LogP contribution in [0, 0.1) is 12.7 Å². The van der Waals surface area contributed by atoms with E-state index >= 15 is 4.39 Å². The lowest BCUT2D eigenvalue weighted by Crippen LogP contribution is -2.53. The van der Waals surface area contributed by atoms with E-state index in [0.717, 1.165) is 11.1 Å². The zero-order chi connectivity index (χ0) is 70.4. The molecule has 538 valence electrons. The third kappa shape index (κ3) is 21.9. The summed E-state index contributed by atoms with van der Waals surface area (Å²) in [7, 11) is 1.41. The summed E-state index contributed by atoms with van der Waals surface area (Å²) in [5.41, 5.74) is 16.9. The number of rotatable bonds is 46. The van der Waals surface area contributed by atoms with E-state index in [1.165, 1.54) is 17.7 Å². The number of nitrogens with zero attached hydrogens (tertiary/aromatic N) is 5. The Balaban J connectivity index is 0.747. The predicted molar refractivity (Wildman–Crippen MR) is 358 cm³/mol. The average molecular weight is 1380 g/mol. The summed E-state index contributed by atoms with van der Waals surface area (Å²) in [4.78, 5) is 90.1. The van der Waals surface area contributed by atoms with Crippen molar-refractivity contribution in [2.75, 3.05) is 144 Å². The highest BCUT2D eigenvalue weighted by Gasteiger charge is 2.46. The number of esters is 1. The number of aromatic nitrogens is 2. The van der Waals surface area contributed by atoms with E-state index in [-0.39, 0.29) is 87.8 Å². The summed E-state index contributed by atoms with van der Waals surface area (Å²) in [5.74, 6) is -2.65. The van der Waals surface area contributed by atoms with Crippen molar-refractivity contribution in [3.63, 3.8) is 0 Å². The summed E-state index contributed by atoms with van der Waals surface area (Å²) < 4.78 is 83.3. The lowest BCUT2D eigenvalue weighted by atomic mass is 9.81. The van der Waals surface area contributed by atoms with Gasteiger partial charge in [0.05, 0.1) is 167 Å². The van der Waals surface area contributed by atoms with E-state index in [2.05, 4.69) is 31.3 Å². The topological polar surface area (TPSA) is 374 Å².